The molecule has 8 nitrogen and oxygen atoms in total. The first-order valence-electron chi connectivity index (χ1n) is 9.60. The first-order chi connectivity index (χ1) is 15.0. The molecule has 0 fully saturated rings. The number of nitro benzene ring substituents is 1. The van der Waals surface area contributed by atoms with Gasteiger partial charge in [-0.2, -0.15) is 5.10 Å². The number of nitro groups is 1. The Kier molecular flexibility index (Phi) is 5.53. The lowest BCUT2D eigenvalue weighted by Crippen LogP contribution is -2.15. The van der Waals surface area contributed by atoms with Gasteiger partial charge in [0.15, 0.2) is 0 Å². The molecule has 4 rings (SSSR count). The Morgan fingerprint density at radius 3 is 2.52 bits per heavy atom. The van der Waals surface area contributed by atoms with Gasteiger partial charge in [0.1, 0.15) is 0 Å². The molecule has 154 valence electrons. The average Bonchev–Trinajstić information content (AvgIpc) is 3.19. The predicted octanol–water partition coefficient (Wildman–Crippen LogP) is 4.33. The van der Waals surface area contributed by atoms with Crippen LogP contribution in [0, 0.1) is 17.0 Å². The molecule has 4 aromatic rings. The summed E-state index contributed by atoms with van der Waals surface area (Å²) in [5.41, 5.74) is 4.41. The van der Waals surface area contributed by atoms with Crippen molar-refractivity contribution >= 4 is 17.3 Å². The Morgan fingerprint density at radius 1 is 1.10 bits per heavy atom. The molecule has 1 N–H and O–H groups in total. The van der Waals surface area contributed by atoms with Gasteiger partial charge in [-0.25, -0.2) is 4.68 Å². The largest absolute Gasteiger partial charge is 0.324 e. The molecule has 0 atom stereocenters. The van der Waals surface area contributed by atoms with E-state index in [4.69, 9.17) is 0 Å². The van der Waals surface area contributed by atoms with Gasteiger partial charge in [-0.1, -0.05) is 18.2 Å². The van der Waals surface area contributed by atoms with Crippen LogP contribution in [0.1, 0.15) is 11.1 Å². The van der Waals surface area contributed by atoms with E-state index in [0.717, 1.165) is 11.3 Å². The second kappa shape index (κ2) is 8.58. The fourth-order valence-electron chi connectivity index (χ4n) is 3.20. The number of aromatic nitrogens is 3. The van der Waals surface area contributed by atoms with Crippen molar-refractivity contribution in [1.29, 1.82) is 0 Å². The number of rotatable bonds is 6. The fraction of sp³-hybridized carbons (Fsp3) is 0.0870. The maximum Gasteiger partial charge on any atom is 0.269 e. The smallest absolute Gasteiger partial charge is 0.269 e. The van der Waals surface area contributed by atoms with Gasteiger partial charge < -0.3 is 5.32 Å². The molecule has 2 heterocycles. The van der Waals surface area contributed by atoms with Gasteiger partial charge in [0.2, 0.25) is 5.91 Å². The highest BCUT2D eigenvalue weighted by Crippen LogP contribution is 2.26. The highest BCUT2D eigenvalue weighted by molar-refractivity contribution is 5.93. The molecule has 0 bridgehead atoms. The summed E-state index contributed by atoms with van der Waals surface area (Å²) >= 11 is 0. The molecule has 0 radical (unpaired) electrons. The standard InChI is InChI=1S/C23H19N5O3/c1-16-11-12-24-14-21(16)25-22(29)13-18-15-27(19-5-3-2-4-6-19)26-23(18)17-7-9-20(10-8-17)28(30)31/h2-12,14-15H,13H2,1H3,(H,25,29). The maximum atomic E-state index is 12.7. The van der Waals surface area contributed by atoms with Crippen molar-refractivity contribution in [2.45, 2.75) is 13.3 Å². The van der Waals surface area contributed by atoms with Crippen molar-refractivity contribution in [1.82, 2.24) is 14.8 Å². The minimum Gasteiger partial charge on any atom is -0.324 e. The fourth-order valence-corrected chi connectivity index (χ4v) is 3.20. The van der Waals surface area contributed by atoms with Gasteiger partial charge >= 0.3 is 0 Å². The first kappa shape index (κ1) is 20.0. The topological polar surface area (TPSA) is 103 Å². The maximum absolute atomic E-state index is 12.7. The van der Waals surface area contributed by atoms with E-state index in [2.05, 4.69) is 15.4 Å². The van der Waals surface area contributed by atoms with Gasteiger partial charge in [-0.05, 0) is 42.8 Å². The summed E-state index contributed by atoms with van der Waals surface area (Å²) in [4.78, 5) is 27.3. The molecule has 31 heavy (non-hydrogen) atoms. The van der Waals surface area contributed by atoms with Crippen LogP contribution in [0.15, 0.2) is 79.3 Å². The number of anilines is 1. The number of aryl methyl sites for hydroxylation is 1. The molecule has 2 aromatic heterocycles. The molecule has 0 saturated carbocycles. The zero-order valence-corrected chi connectivity index (χ0v) is 16.7. The van der Waals surface area contributed by atoms with Crippen molar-refractivity contribution < 1.29 is 9.72 Å². The SMILES string of the molecule is Cc1ccncc1NC(=O)Cc1cn(-c2ccccc2)nc1-c1ccc([N+](=O)[O-])cc1. The second-order valence-electron chi connectivity index (χ2n) is 7.00. The molecule has 0 unspecified atom stereocenters. The summed E-state index contributed by atoms with van der Waals surface area (Å²) in [7, 11) is 0. The summed E-state index contributed by atoms with van der Waals surface area (Å²) in [6.45, 7) is 1.90. The van der Waals surface area contributed by atoms with Crippen LogP contribution in [0.25, 0.3) is 16.9 Å². The van der Waals surface area contributed by atoms with Crippen molar-refractivity contribution in [3.63, 3.8) is 0 Å². The van der Waals surface area contributed by atoms with E-state index in [1.807, 2.05) is 49.5 Å². The normalized spacial score (nSPS) is 10.6. The third-order valence-electron chi connectivity index (χ3n) is 4.83. The summed E-state index contributed by atoms with van der Waals surface area (Å²) in [6, 6.07) is 17.5. The number of para-hydroxylation sites is 1. The summed E-state index contributed by atoms with van der Waals surface area (Å²) in [5, 5.41) is 18.5. The molecule has 0 spiro atoms. The first-order valence-corrected chi connectivity index (χ1v) is 9.60. The van der Waals surface area contributed by atoms with E-state index in [-0.39, 0.29) is 18.0 Å². The van der Waals surface area contributed by atoms with Crippen LogP contribution in [0.2, 0.25) is 0 Å². The number of carbonyl (C=O) groups is 1. The van der Waals surface area contributed by atoms with Crippen LogP contribution in [-0.4, -0.2) is 25.6 Å². The van der Waals surface area contributed by atoms with Gasteiger partial charge in [-0.15, -0.1) is 0 Å². The van der Waals surface area contributed by atoms with Crippen molar-refractivity contribution in [3.8, 4) is 16.9 Å². The second-order valence-corrected chi connectivity index (χ2v) is 7.00. The molecule has 0 aliphatic rings. The summed E-state index contributed by atoms with van der Waals surface area (Å²) in [5.74, 6) is -0.202. The van der Waals surface area contributed by atoms with Crippen LogP contribution in [0.5, 0.6) is 0 Å². The molecule has 0 saturated heterocycles. The number of carbonyl (C=O) groups excluding carboxylic acids is 1. The number of nitrogens with one attached hydrogen (secondary N) is 1. The minimum atomic E-state index is -0.447. The van der Waals surface area contributed by atoms with Crippen LogP contribution >= 0.6 is 0 Å². The molecule has 2 aromatic carbocycles. The zero-order chi connectivity index (χ0) is 21.8. The number of pyridine rings is 1. The minimum absolute atomic E-state index is 0.00223. The van der Waals surface area contributed by atoms with Crippen molar-refractivity contribution in [3.05, 3.63) is 100 Å². The average molecular weight is 413 g/mol. The van der Waals surface area contributed by atoms with Crippen LogP contribution in [-0.2, 0) is 11.2 Å². The molecular formula is C23H19N5O3. The Bertz CT molecular complexity index is 1230. The third kappa shape index (κ3) is 4.48. The van der Waals surface area contributed by atoms with E-state index >= 15 is 0 Å². The predicted molar refractivity (Wildman–Crippen MR) is 117 cm³/mol. The van der Waals surface area contributed by atoms with Gasteiger partial charge in [0.05, 0.1) is 34.6 Å². The van der Waals surface area contributed by atoms with Crippen molar-refractivity contribution in [2.24, 2.45) is 0 Å². The molecule has 1 amide bonds. The van der Waals surface area contributed by atoms with E-state index < -0.39 is 4.92 Å². The van der Waals surface area contributed by atoms with Crippen molar-refractivity contribution in [2.75, 3.05) is 5.32 Å². The Hall–Kier alpha value is -4.33. The molecule has 0 aliphatic carbocycles. The number of amides is 1. The highest BCUT2D eigenvalue weighted by Gasteiger charge is 2.17. The number of nitrogens with zero attached hydrogens (tertiary/aromatic N) is 4. The number of benzene rings is 2. The van der Waals surface area contributed by atoms with Gasteiger partial charge in [0, 0.05) is 35.7 Å². The lowest BCUT2D eigenvalue weighted by Gasteiger charge is -2.07. The Labute approximate surface area is 178 Å². The van der Waals surface area contributed by atoms with Gasteiger partial charge in [0.25, 0.3) is 5.69 Å². The van der Waals surface area contributed by atoms with E-state index in [0.29, 0.717) is 22.5 Å². The van der Waals surface area contributed by atoms with E-state index in [1.54, 1.807) is 29.2 Å². The van der Waals surface area contributed by atoms with Gasteiger partial charge in [-0.3, -0.25) is 19.9 Å². The molecule has 0 aliphatic heterocycles. The molecular weight excluding hydrogens is 394 g/mol. The third-order valence-corrected chi connectivity index (χ3v) is 4.83. The molecule has 8 heteroatoms. The summed E-state index contributed by atoms with van der Waals surface area (Å²) in [6.07, 6.45) is 5.18. The number of hydrogen-bond donors (Lipinski definition) is 1. The Morgan fingerprint density at radius 2 is 1.84 bits per heavy atom. The van der Waals surface area contributed by atoms with E-state index in [1.165, 1.54) is 12.1 Å². The monoisotopic (exact) mass is 413 g/mol. The lowest BCUT2D eigenvalue weighted by molar-refractivity contribution is -0.384. The number of non-ortho nitro benzene ring substituents is 1. The van der Waals surface area contributed by atoms with Crippen LogP contribution in [0.4, 0.5) is 11.4 Å². The highest BCUT2D eigenvalue weighted by atomic mass is 16.6. The number of hydrogen-bond acceptors (Lipinski definition) is 5. The Balaban J connectivity index is 1.68. The lowest BCUT2D eigenvalue weighted by atomic mass is 10.1. The van der Waals surface area contributed by atoms with Crippen LogP contribution in [0.3, 0.4) is 0 Å². The van der Waals surface area contributed by atoms with Crippen LogP contribution < -0.4 is 5.32 Å². The quantitative estimate of drug-likeness (QED) is 0.374. The summed E-state index contributed by atoms with van der Waals surface area (Å²) < 4.78 is 1.70. The van der Waals surface area contributed by atoms with E-state index in [9.17, 15) is 14.9 Å². The zero-order valence-electron chi connectivity index (χ0n) is 16.7.